The fourth-order valence-corrected chi connectivity index (χ4v) is 2.29. The molecule has 0 aromatic rings. The minimum Gasteiger partial charge on any atom is -0.469 e. The maximum Gasteiger partial charge on any atom is 0.308 e. The maximum absolute atomic E-state index is 11.2. The molecule has 2 nitrogen and oxygen atoms in total. The average molecular weight is 214 g/mol. The maximum atomic E-state index is 11.2. The summed E-state index contributed by atoms with van der Waals surface area (Å²) in [6, 6.07) is 0. The summed E-state index contributed by atoms with van der Waals surface area (Å²) in [5.74, 6) is 1.35. The van der Waals surface area contributed by atoms with Crippen LogP contribution in [0.4, 0.5) is 0 Å². The molecule has 2 heteroatoms. The molecule has 0 amide bonds. The van der Waals surface area contributed by atoms with Crippen LogP contribution in [0, 0.1) is 17.8 Å². The van der Waals surface area contributed by atoms with Crippen molar-refractivity contribution in [3.63, 3.8) is 0 Å². The molecule has 0 aliphatic heterocycles. The van der Waals surface area contributed by atoms with E-state index in [2.05, 4.69) is 20.8 Å². The van der Waals surface area contributed by atoms with E-state index < -0.39 is 0 Å². The molecule has 0 heterocycles. The van der Waals surface area contributed by atoms with Crippen LogP contribution in [0.3, 0.4) is 0 Å². The fourth-order valence-electron chi connectivity index (χ4n) is 2.29. The van der Waals surface area contributed by atoms with Gasteiger partial charge in [0.1, 0.15) is 0 Å². The molecule has 0 rings (SSSR count). The number of ether oxygens (including phenoxy) is 1. The second-order valence-electron chi connectivity index (χ2n) is 4.89. The second-order valence-corrected chi connectivity index (χ2v) is 4.89. The summed E-state index contributed by atoms with van der Waals surface area (Å²) in [4.78, 5) is 11.2. The Hall–Kier alpha value is -0.530. The minimum atomic E-state index is -0.0787. The van der Waals surface area contributed by atoms with Crippen molar-refractivity contribution in [1.82, 2.24) is 0 Å². The quantitative estimate of drug-likeness (QED) is 0.605. The molecule has 0 N–H and O–H groups in total. The standard InChI is InChI=1S/C13H26O2/c1-6-7-10(2)8-11(3)9-12(4)13(14)15-5/h10-12H,6-9H2,1-5H3/t10-,11+,12+/m1/s1. The monoisotopic (exact) mass is 214 g/mol. The lowest BCUT2D eigenvalue weighted by Crippen LogP contribution is -2.16. The SMILES string of the molecule is CCC[C@@H](C)C[C@H](C)C[C@H](C)C(=O)OC. The summed E-state index contributed by atoms with van der Waals surface area (Å²) in [5, 5.41) is 0. The van der Waals surface area contributed by atoms with Crippen LogP contribution in [0.5, 0.6) is 0 Å². The smallest absolute Gasteiger partial charge is 0.308 e. The largest absolute Gasteiger partial charge is 0.469 e. The summed E-state index contributed by atoms with van der Waals surface area (Å²) in [5.41, 5.74) is 0. The fraction of sp³-hybridized carbons (Fsp3) is 0.923. The molecule has 0 fully saturated rings. The van der Waals surface area contributed by atoms with Gasteiger partial charge in [0.25, 0.3) is 0 Å². The molecule has 0 aliphatic rings. The second kappa shape index (κ2) is 7.72. The van der Waals surface area contributed by atoms with E-state index in [1.165, 1.54) is 26.4 Å². The van der Waals surface area contributed by atoms with Crippen molar-refractivity contribution in [2.75, 3.05) is 7.11 Å². The summed E-state index contributed by atoms with van der Waals surface area (Å²) >= 11 is 0. The first-order chi connectivity index (χ1) is 7.01. The van der Waals surface area contributed by atoms with E-state index in [1.807, 2.05) is 6.92 Å². The van der Waals surface area contributed by atoms with Crippen LogP contribution in [-0.4, -0.2) is 13.1 Å². The van der Waals surface area contributed by atoms with Gasteiger partial charge < -0.3 is 4.74 Å². The van der Waals surface area contributed by atoms with Gasteiger partial charge in [0.15, 0.2) is 0 Å². The molecule has 0 bridgehead atoms. The number of rotatable bonds is 7. The summed E-state index contributed by atoms with van der Waals surface area (Å²) < 4.78 is 4.73. The van der Waals surface area contributed by atoms with Gasteiger partial charge in [-0.3, -0.25) is 4.79 Å². The van der Waals surface area contributed by atoms with E-state index in [9.17, 15) is 4.79 Å². The zero-order chi connectivity index (χ0) is 11.8. The van der Waals surface area contributed by atoms with Gasteiger partial charge in [0.05, 0.1) is 13.0 Å². The van der Waals surface area contributed by atoms with E-state index in [0.717, 1.165) is 12.3 Å². The highest BCUT2D eigenvalue weighted by atomic mass is 16.5. The summed E-state index contributed by atoms with van der Waals surface area (Å²) in [6.45, 7) is 8.69. The number of hydrogen-bond donors (Lipinski definition) is 0. The van der Waals surface area contributed by atoms with Crippen molar-refractivity contribution < 1.29 is 9.53 Å². The number of hydrogen-bond acceptors (Lipinski definition) is 2. The van der Waals surface area contributed by atoms with Crippen LogP contribution in [-0.2, 0) is 9.53 Å². The Labute approximate surface area is 94.4 Å². The Morgan fingerprint density at radius 1 is 1.13 bits per heavy atom. The molecule has 3 atom stereocenters. The number of esters is 1. The van der Waals surface area contributed by atoms with Gasteiger partial charge in [-0.1, -0.05) is 40.5 Å². The first kappa shape index (κ1) is 14.5. The van der Waals surface area contributed by atoms with E-state index in [0.29, 0.717) is 5.92 Å². The van der Waals surface area contributed by atoms with Crippen LogP contribution >= 0.6 is 0 Å². The van der Waals surface area contributed by atoms with Gasteiger partial charge in [-0.2, -0.15) is 0 Å². The molecule has 90 valence electrons. The molecule has 0 saturated heterocycles. The molecule has 0 aromatic heterocycles. The zero-order valence-corrected chi connectivity index (χ0v) is 10.9. The van der Waals surface area contributed by atoms with E-state index >= 15 is 0 Å². The third-order valence-corrected chi connectivity index (χ3v) is 2.95. The molecule has 15 heavy (non-hydrogen) atoms. The first-order valence-corrected chi connectivity index (χ1v) is 6.09. The van der Waals surface area contributed by atoms with Crippen molar-refractivity contribution in [2.45, 2.75) is 53.4 Å². The molecular weight excluding hydrogens is 188 g/mol. The van der Waals surface area contributed by atoms with Crippen molar-refractivity contribution in [3.05, 3.63) is 0 Å². The van der Waals surface area contributed by atoms with Gasteiger partial charge in [-0.15, -0.1) is 0 Å². The van der Waals surface area contributed by atoms with Crippen molar-refractivity contribution >= 4 is 5.97 Å². The normalized spacial score (nSPS) is 16.9. The molecule has 0 spiro atoms. The van der Waals surface area contributed by atoms with Gasteiger partial charge in [0, 0.05) is 0 Å². The van der Waals surface area contributed by atoms with Crippen molar-refractivity contribution in [2.24, 2.45) is 17.8 Å². The Balaban J connectivity index is 3.81. The Morgan fingerprint density at radius 3 is 2.20 bits per heavy atom. The Morgan fingerprint density at radius 2 is 1.73 bits per heavy atom. The van der Waals surface area contributed by atoms with Gasteiger partial charge in [-0.05, 0) is 24.7 Å². The van der Waals surface area contributed by atoms with Crippen LogP contribution in [0.15, 0.2) is 0 Å². The van der Waals surface area contributed by atoms with Gasteiger partial charge in [0.2, 0.25) is 0 Å². The van der Waals surface area contributed by atoms with Gasteiger partial charge >= 0.3 is 5.97 Å². The van der Waals surface area contributed by atoms with E-state index in [1.54, 1.807) is 0 Å². The zero-order valence-electron chi connectivity index (χ0n) is 10.9. The van der Waals surface area contributed by atoms with Crippen LogP contribution in [0.25, 0.3) is 0 Å². The van der Waals surface area contributed by atoms with E-state index in [4.69, 9.17) is 4.74 Å². The predicted molar refractivity (Wildman–Crippen MR) is 63.7 cm³/mol. The highest BCUT2D eigenvalue weighted by molar-refractivity contribution is 5.71. The first-order valence-electron chi connectivity index (χ1n) is 6.09. The third-order valence-electron chi connectivity index (χ3n) is 2.95. The number of carbonyl (C=O) groups excluding carboxylic acids is 1. The Bertz CT molecular complexity index is 177. The topological polar surface area (TPSA) is 26.3 Å². The highest BCUT2D eigenvalue weighted by Crippen LogP contribution is 2.22. The number of carbonyl (C=O) groups is 1. The molecule has 0 aliphatic carbocycles. The highest BCUT2D eigenvalue weighted by Gasteiger charge is 2.17. The summed E-state index contributed by atoms with van der Waals surface area (Å²) in [7, 11) is 1.46. The molecule has 0 aromatic carbocycles. The molecule has 0 unspecified atom stereocenters. The molecule has 0 radical (unpaired) electrons. The lowest BCUT2D eigenvalue weighted by Gasteiger charge is -2.19. The number of methoxy groups -OCH3 is 1. The lowest BCUT2D eigenvalue weighted by atomic mass is 9.88. The van der Waals surface area contributed by atoms with E-state index in [-0.39, 0.29) is 11.9 Å². The van der Waals surface area contributed by atoms with Crippen molar-refractivity contribution in [1.29, 1.82) is 0 Å². The third kappa shape index (κ3) is 6.53. The molecule has 0 saturated carbocycles. The van der Waals surface area contributed by atoms with Gasteiger partial charge in [-0.25, -0.2) is 0 Å². The minimum absolute atomic E-state index is 0.0406. The van der Waals surface area contributed by atoms with Crippen LogP contribution in [0.2, 0.25) is 0 Å². The van der Waals surface area contributed by atoms with Crippen molar-refractivity contribution in [3.8, 4) is 0 Å². The Kier molecular flexibility index (Phi) is 7.45. The predicted octanol–water partition coefficient (Wildman–Crippen LogP) is 3.65. The molecular formula is C13H26O2. The van der Waals surface area contributed by atoms with Crippen LogP contribution in [0.1, 0.15) is 53.4 Å². The van der Waals surface area contributed by atoms with Crippen LogP contribution < -0.4 is 0 Å². The lowest BCUT2D eigenvalue weighted by molar-refractivity contribution is -0.145. The summed E-state index contributed by atoms with van der Waals surface area (Å²) in [6.07, 6.45) is 4.70. The average Bonchev–Trinajstić information content (AvgIpc) is 2.16.